The van der Waals surface area contributed by atoms with Crippen molar-refractivity contribution in [3.05, 3.63) is 23.4 Å². The molecule has 116 valence electrons. The summed E-state index contributed by atoms with van der Waals surface area (Å²) in [6, 6.07) is 5.22. The Morgan fingerprint density at radius 1 is 1.10 bits per heavy atom. The van der Waals surface area contributed by atoms with Crippen LogP contribution in [0.1, 0.15) is 62.7 Å². The van der Waals surface area contributed by atoms with Crippen molar-refractivity contribution in [3.63, 3.8) is 0 Å². The summed E-state index contributed by atoms with van der Waals surface area (Å²) in [6.07, 6.45) is 7.88. The van der Waals surface area contributed by atoms with Gasteiger partial charge in [0.15, 0.2) is 0 Å². The number of nitrogens with zero attached hydrogens (tertiary/aromatic N) is 3. The summed E-state index contributed by atoms with van der Waals surface area (Å²) in [7, 11) is 0. The number of hydrogen-bond donors (Lipinski definition) is 0. The molecule has 0 saturated carbocycles. The molecule has 3 rings (SSSR count). The van der Waals surface area contributed by atoms with E-state index in [2.05, 4.69) is 35.8 Å². The Bertz CT molecular complexity index is 466. The average Bonchev–Trinajstić information content (AvgIpc) is 2.96. The molecule has 1 aromatic heterocycles. The molecular weight excluding hydrogens is 258 g/mol. The fraction of sp³-hybridized carbons (Fsp3) is 0.722. The fourth-order valence-electron chi connectivity index (χ4n) is 3.94. The van der Waals surface area contributed by atoms with Crippen LogP contribution in [0.4, 0.5) is 5.82 Å². The minimum Gasteiger partial charge on any atom is -0.357 e. The summed E-state index contributed by atoms with van der Waals surface area (Å²) in [6.45, 7) is 9.31. The molecule has 0 N–H and O–H groups in total. The monoisotopic (exact) mass is 287 g/mol. The zero-order valence-corrected chi connectivity index (χ0v) is 13.6. The van der Waals surface area contributed by atoms with Crippen molar-refractivity contribution in [3.8, 4) is 0 Å². The molecule has 0 spiro atoms. The van der Waals surface area contributed by atoms with Crippen LogP contribution in [0.25, 0.3) is 0 Å². The van der Waals surface area contributed by atoms with Gasteiger partial charge in [0.05, 0.1) is 0 Å². The van der Waals surface area contributed by atoms with Crippen LogP contribution in [0.15, 0.2) is 12.1 Å². The molecule has 0 radical (unpaired) electrons. The summed E-state index contributed by atoms with van der Waals surface area (Å²) in [4.78, 5) is 10.0. The third-order valence-corrected chi connectivity index (χ3v) is 5.03. The minimum atomic E-state index is 0.604. The first-order valence-corrected chi connectivity index (χ1v) is 8.76. The number of anilines is 1. The van der Waals surface area contributed by atoms with Crippen LogP contribution in [0.5, 0.6) is 0 Å². The molecule has 3 heterocycles. The molecule has 3 heteroatoms. The van der Waals surface area contributed by atoms with E-state index >= 15 is 0 Å². The lowest BCUT2D eigenvalue weighted by atomic mass is 10.0. The highest BCUT2D eigenvalue weighted by Gasteiger charge is 2.27. The predicted octanol–water partition coefficient (Wildman–Crippen LogP) is 3.93. The van der Waals surface area contributed by atoms with Crippen molar-refractivity contribution in [2.45, 2.75) is 58.4 Å². The zero-order valence-electron chi connectivity index (χ0n) is 13.6. The molecule has 1 atom stereocenters. The smallest absolute Gasteiger partial charge is 0.128 e. The first kappa shape index (κ1) is 14.8. The highest BCUT2D eigenvalue weighted by molar-refractivity contribution is 5.43. The van der Waals surface area contributed by atoms with Gasteiger partial charge in [-0.3, -0.25) is 4.90 Å². The van der Waals surface area contributed by atoms with Crippen LogP contribution in [-0.2, 0) is 0 Å². The number of aromatic nitrogens is 1. The summed E-state index contributed by atoms with van der Waals surface area (Å²) < 4.78 is 0. The van der Waals surface area contributed by atoms with Gasteiger partial charge >= 0.3 is 0 Å². The lowest BCUT2D eigenvalue weighted by Gasteiger charge is -2.29. The zero-order chi connectivity index (χ0) is 14.7. The van der Waals surface area contributed by atoms with Gasteiger partial charge in [-0.05, 0) is 70.2 Å². The summed E-state index contributed by atoms with van der Waals surface area (Å²) in [5, 5.41) is 0. The molecule has 2 aliphatic rings. The van der Waals surface area contributed by atoms with Gasteiger partial charge in [-0.1, -0.05) is 13.0 Å². The van der Waals surface area contributed by atoms with E-state index in [4.69, 9.17) is 4.98 Å². The Kier molecular flexibility index (Phi) is 4.79. The van der Waals surface area contributed by atoms with E-state index in [1.165, 1.54) is 81.8 Å². The number of pyridine rings is 1. The van der Waals surface area contributed by atoms with Crippen molar-refractivity contribution in [1.82, 2.24) is 9.88 Å². The van der Waals surface area contributed by atoms with E-state index in [1.54, 1.807) is 0 Å². The number of rotatable bonds is 4. The number of piperidine rings is 1. The van der Waals surface area contributed by atoms with E-state index in [0.29, 0.717) is 6.04 Å². The Morgan fingerprint density at radius 3 is 2.62 bits per heavy atom. The lowest BCUT2D eigenvalue weighted by Crippen LogP contribution is -2.30. The second-order valence-corrected chi connectivity index (χ2v) is 6.59. The van der Waals surface area contributed by atoms with Crippen molar-refractivity contribution in [2.24, 2.45) is 0 Å². The van der Waals surface area contributed by atoms with Gasteiger partial charge in [0, 0.05) is 24.8 Å². The number of likely N-dealkylation sites (tertiary alicyclic amines) is 1. The fourth-order valence-corrected chi connectivity index (χ4v) is 3.94. The highest BCUT2D eigenvalue weighted by Crippen LogP contribution is 2.34. The van der Waals surface area contributed by atoms with Crippen molar-refractivity contribution >= 4 is 5.82 Å². The van der Waals surface area contributed by atoms with Crippen LogP contribution in [0.3, 0.4) is 0 Å². The van der Waals surface area contributed by atoms with Gasteiger partial charge in [0.25, 0.3) is 0 Å². The molecule has 0 bridgehead atoms. The molecule has 2 saturated heterocycles. The Hall–Kier alpha value is -1.09. The summed E-state index contributed by atoms with van der Waals surface area (Å²) >= 11 is 0. The van der Waals surface area contributed by atoms with E-state index in [0.717, 1.165) is 0 Å². The van der Waals surface area contributed by atoms with Crippen LogP contribution >= 0.6 is 0 Å². The third-order valence-electron chi connectivity index (χ3n) is 5.03. The number of hydrogen-bond acceptors (Lipinski definition) is 3. The van der Waals surface area contributed by atoms with Gasteiger partial charge < -0.3 is 4.90 Å². The largest absolute Gasteiger partial charge is 0.357 e. The van der Waals surface area contributed by atoms with Crippen LogP contribution in [-0.4, -0.2) is 36.1 Å². The molecule has 0 aromatic carbocycles. The summed E-state index contributed by atoms with van der Waals surface area (Å²) in [5.74, 6) is 1.19. The van der Waals surface area contributed by atoms with E-state index < -0.39 is 0 Å². The molecule has 3 nitrogen and oxygen atoms in total. The van der Waals surface area contributed by atoms with Crippen LogP contribution in [0, 0.1) is 6.92 Å². The van der Waals surface area contributed by atoms with Gasteiger partial charge in [-0.2, -0.15) is 0 Å². The Morgan fingerprint density at radius 2 is 1.90 bits per heavy atom. The topological polar surface area (TPSA) is 19.4 Å². The maximum atomic E-state index is 4.94. The molecule has 21 heavy (non-hydrogen) atoms. The number of aryl methyl sites for hydroxylation is 1. The van der Waals surface area contributed by atoms with Gasteiger partial charge in [-0.15, -0.1) is 0 Å². The molecule has 0 unspecified atom stereocenters. The second-order valence-electron chi connectivity index (χ2n) is 6.59. The highest BCUT2D eigenvalue weighted by atomic mass is 15.2. The van der Waals surface area contributed by atoms with E-state index in [9.17, 15) is 0 Å². The quantitative estimate of drug-likeness (QED) is 0.836. The third kappa shape index (κ3) is 3.23. The molecule has 2 fully saturated rings. The maximum Gasteiger partial charge on any atom is 0.128 e. The molecule has 1 aromatic rings. The van der Waals surface area contributed by atoms with Crippen LogP contribution in [0.2, 0.25) is 0 Å². The Labute approximate surface area is 129 Å². The van der Waals surface area contributed by atoms with Gasteiger partial charge in [0.1, 0.15) is 5.82 Å². The van der Waals surface area contributed by atoms with Gasteiger partial charge in [0.2, 0.25) is 0 Å². The molecule has 2 aliphatic heterocycles. The van der Waals surface area contributed by atoms with E-state index in [1.807, 2.05) is 0 Å². The average molecular weight is 287 g/mol. The maximum absolute atomic E-state index is 4.94. The molecule has 0 amide bonds. The summed E-state index contributed by atoms with van der Waals surface area (Å²) in [5.41, 5.74) is 2.70. The SMILES string of the molecule is CCCN1CCC[C@@H]1c1ccc(N2CCCCC2)nc1C. The predicted molar refractivity (Wildman–Crippen MR) is 88.9 cm³/mol. The van der Waals surface area contributed by atoms with Crippen molar-refractivity contribution in [1.29, 1.82) is 0 Å². The lowest BCUT2D eigenvalue weighted by molar-refractivity contribution is 0.256. The van der Waals surface area contributed by atoms with Crippen molar-refractivity contribution < 1.29 is 0 Å². The Balaban J connectivity index is 1.77. The van der Waals surface area contributed by atoms with Crippen molar-refractivity contribution in [2.75, 3.05) is 31.1 Å². The van der Waals surface area contributed by atoms with Gasteiger partial charge in [-0.25, -0.2) is 4.98 Å². The normalized spacial score (nSPS) is 23.7. The first-order chi connectivity index (χ1) is 10.3. The first-order valence-electron chi connectivity index (χ1n) is 8.76. The van der Waals surface area contributed by atoms with E-state index in [-0.39, 0.29) is 0 Å². The molecule has 0 aliphatic carbocycles. The van der Waals surface area contributed by atoms with Crippen LogP contribution < -0.4 is 4.90 Å². The minimum absolute atomic E-state index is 0.604. The second kappa shape index (κ2) is 6.78. The molecular formula is C18H29N3. The standard InChI is InChI=1S/C18H29N3/c1-3-11-20-14-7-8-17(20)16-9-10-18(19-15(16)2)21-12-5-4-6-13-21/h9-10,17H,3-8,11-14H2,1-2H3/t17-/m1/s1.